The molecule has 1 amide bonds. The van der Waals surface area contributed by atoms with Gasteiger partial charge < -0.3 is 23.8 Å². The average molecular weight is 373 g/mol. The van der Waals surface area contributed by atoms with E-state index in [2.05, 4.69) is 9.97 Å². The van der Waals surface area contributed by atoms with Crippen molar-refractivity contribution in [3.63, 3.8) is 0 Å². The standard InChI is InChI=1S/C19H23N3O5/c1-24-13-6-7-15(16(9-13)25-2)19(23)22-8-4-5-14(12-22)27-18-11-20-10-17(21-18)26-3/h6-7,9-11,14H,4-5,8,12H2,1-3H3. The van der Waals surface area contributed by atoms with E-state index < -0.39 is 0 Å². The fourth-order valence-corrected chi connectivity index (χ4v) is 3.02. The maximum Gasteiger partial charge on any atom is 0.257 e. The van der Waals surface area contributed by atoms with Gasteiger partial charge in [-0.25, -0.2) is 0 Å². The number of rotatable bonds is 6. The molecule has 0 aliphatic carbocycles. The molecule has 144 valence electrons. The number of nitrogens with zero attached hydrogens (tertiary/aromatic N) is 3. The topological polar surface area (TPSA) is 83.0 Å². The molecule has 1 unspecified atom stereocenters. The predicted octanol–water partition coefficient (Wildman–Crippen LogP) is 2.19. The summed E-state index contributed by atoms with van der Waals surface area (Å²) in [6, 6.07) is 5.18. The van der Waals surface area contributed by atoms with Gasteiger partial charge in [-0.05, 0) is 25.0 Å². The Morgan fingerprint density at radius 1 is 1.11 bits per heavy atom. The highest BCUT2D eigenvalue weighted by molar-refractivity contribution is 5.97. The lowest BCUT2D eigenvalue weighted by Crippen LogP contribution is -2.44. The van der Waals surface area contributed by atoms with Gasteiger partial charge in [0, 0.05) is 12.6 Å². The molecular formula is C19H23N3O5. The molecule has 27 heavy (non-hydrogen) atoms. The number of benzene rings is 1. The van der Waals surface area contributed by atoms with Crippen LogP contribution >= 0.6 is 0 Å². The van der Waals surface area contributed by atoms with E-state index in [0.29, 0.717) is 41.9 Å². The number of hydrogen-bond acceptors (Lipinski definition) is 7. The molecule has 1 fully saturated rings. The van der Waals surface area contributed by atoms with E-state index in [4.69, 9.17) is 18.9 Å². The lowest BCUT2D eigenvalue weighted by atomic mass is 10.1. The fourth-order valence-electron chi connectivity index (χ4n) is 3.02. The Kier molecular flexibility index (Phi) is 5.95. The Bertz CT molecular complexity index is 799. The van der Waals surface area contributed by atoms with Crippen molar-refractivity contribution in [3.05, 3.63) is 36.2 Å². The molecular weight excluding hydrogens is 350 g/mol. The van der Waals surface area contributed by atoms with Crippen LogP contribution in [0.1, 0.15) is 23.2 Å². The SMILES string of the molecule is COc1ccc(C(=O)N2CCCC(Oc3cncc(OC)n3)C2)c(OC)c1. The van der Waals surface area contributed by atoms with Gasteiger partial charge in [-0.15, -0.1) is 0 Å². The number of methoxy groups -OCH3 is 3. The maximum atomic E-state index is 13.0. The van der Waals surface area contributed by atoms with E-state index in [1.54, 1.807) is 30.2 Å². The van der Waals surface area contributed by atoms with Crippen molar-refractivity contribution in [1.29, 1.82) is 0 Å². The van der Waals surface area contributed by atoms with Crippen LogP contribution in [0.2, 0.25) is 0 Å². The number of carbonyl (C=O) groups is 1. The van der Waals surface area contributed by atoms with Crippen LogP contribution < -0.4 is 18.9 Å². The van der Waals surface area contributed by atoms with Gasteiger partial charge in [0.15, 0.2) is 0 Å². The van der Waals surface area contributed by atoms with Crippen molar-refractivity contribution >= 4 is 5.91 Å². The summed E-state index contributed by atoms with van der Waals surface area (Å²) in [5.41, 5.74) is 0.500. The summed E-state index contributed by atoms with van der Waals surface area (Å²) in [6.07, 6.45) is 4.57. The Balaban J connectivity index is 1.71. The summed E-state index contributed by atoms with van der Waals surface area (Å²) < 4.78 is 21.5. The summed E-state index contributed by atoms with van der Waals surface area (Å²) >= 11 is 0. The van der Waals surface area contributed by atoms with Crippen LogP contribution in [-0.2, 0) is 0 Å². The van der Waals surface area contributed by atoms with Crippen molar-refractivity contribution in [2.75, 3.05) is 34.4 Å². The average Bonchev–Trinajstić information content (AvgIpc) is 2.73. The van der Waals surface area contributed by atoms with Crippen LogP contribution in [0.5, 0.6) is 23.3 Å². The number of carbonyl (C=O) groups excluding carboxylic acids is 1. The molecule has 3 rings (SSSR count). The van der Waals surface area contributed by atoms with Crippen molar-refractivity contribution in [2.24, 2.45) is 0 Å². The van der Waals surface area contributed by atoms with Crippen LogP contribution in [0.4, 0.5) is 0 Å². The van der Waals surface area contributed by atoms with Crippen LogP contribution in [0.3, 0.4) is 0 Å². The molecule has 1 aromatic heterocycles. The Morgan fingerprint density at radius 3 is 2.67 bits per heavy atom. The van der Waals surface area contributed by atoms with Gasteiger partial charge in [-0.1, -0.05) is 0 Å². The van der Waals surface area contributed by atoms with Gasteiger partial charge in [0.25, 0.3) is 5.91 Å². The number of likely N-dealkylation sites (tertiary alicyclic amines) is 1. The summed E-state index contributed by atoms with van der Waals surface area (Å²) in [5.74, 6) is 1.80. The minimum absolute atomic E-state index is 0.0977. The van der Waals surface area contributed by atoms with E-state index in [1.807, 2.05) is 0 Å². The number of hydrogen-bond donors (Lipinski definition) is 0. The van der Waals surface area contributed by atoms with Gasteiger partial charge in [0.05, 0.1) is 45.8 Å². The lowest BCUT2D eigenvalue weighted by Gasteiger charge is -2.33. The number of piperidine rings is 1. The Labute approximate surface area is 158 Å². The van der Waals surface area contributed by atoms with Crippen LogP contribution in [0, 0.1) is 0 Å². The minimum Gasteiger partial charge on any atom is -0.497 e. The highest BCUT2D eigenvalue weighted by Crippen LogP contribution is 2.27. The van der Waals surface area contributed by atoms with Gasteiger partial charge >= 0.3 is 0 Å². The first-order valence-electron chi connectivity index (χ1n) is 8.68. The van der Waals surface area contributed by atoms with E-state index in [9.17, 15) is 4.79 Å². The minimum atomic E-state index is -0.159. The monoisotopic (exact) mass is 373 g/mol. The second-order valence-electron chi connectivity index (χ2n) is 6.10. The quantitative estimate of drug-likeness (QED) is 0.767. The van der Waals surface area contributed by atoms with E-state index in [0.717, 1.165) is 12.8 Å². The van der Waals surface area contributed by atoms with Crippen LogP contribution in [0.25, 0.3) is 0 Å². The first-order valence-corrected chi connectivity index (χ1v) is 8.68. The lowest BCUT2D eigenvalue weighted by molar-refractivity contribution is 0.0522. The molecule has 8 nitrogen and oxygen atoms in total. The van der Waals surface area contributed by atoms with Gasteiger partial charge in [0.2, 0.25) is 11.8 Å². The zero-order valence-corrected chi connectivity index (χ0v) is 15.7. The Hall–Kier alpha value is -3.03. The third kappa shape index (κ3) is 4.39. The van der Waals surface area contributed by atoms with Gasteiger partial charge in [-0.2, -0.15) is 4.98 Å². The molecule has 2 heterocycles. The second-order valence-corrected chi connectivity index (χ2v) is 6.10. The molecule has 0 bridgehead atoms. The Morgan fingerprint density at radius 2 is 1.93 bits per heavy atom. The van der Waals surface area contributed by atoms with E-state index in [1.165, 1.54) is 26.6 Å². The first kappa shape index (κ1) is 18.8. The molecule has 8 heteroatoms. The molecule has 1 aliphatic heterocycles. The molecule has 1 aromatic carbocycles. The largest absolute Gasteiger partial charge is 0.497 e. The normalized spacial score (nSPS) is 16.6. The third-order valence-corrected chi connectivity index (χ3v) is 4.39. The summed E-state index contributed by atoms with van der Waals surface area (Å²) in [6.45, 7) is 1.13. The van der Waals surface area contributed by atoms with Crippen molar-refractivity contribution in [2.45, 2.75) is 18.9 Å². The van der Waals surface area contributed by atoms with Crippen molar-refractivity contribution in [1.82, 2.24) is 14.9 Å². The zero-order valence-electron chi connectivity index (χ0n) is 15.7. The third-order valence-electron chi connectivity index (χ3n) is 4.39. The maximum absolute atomic E-state index is 13.0. The molecule has 0 radical (unpaired) electrons. The number of amides is 1. The van der Waals surface area contributed by atoms with Crippen LogP contribution in [0.15, 0.2) is 30.6 Å². The fraction of sp³-hybridized carbons (Fsp3) is 0.421. The van der Waals surface area contributed by atoms with Crippen LogP contribution in [-0.4, -0.2) is 61.3 Å². The first-order chi connectivity index (χ1) is 13.1. The van der Waals surface area contributed by atoms with Gasteiger partial charge in [-0.3, -0.25) is 9.78 Å². The molecule has 2 aromatic rings. The molecule has 0 spiro atoms. The zero-order chi connectivity index (χ0) is 19.2. The summed E-state index contributed by atoms with van der Waals surface area (Å²) in [7, 11) is 4.64. The number of ether oxygens (including phenoxy) is 4. The highest BCUT2D eigenvalue weighted by atomic mass is 16.5. The van der Waals surface area contributed by atoms with E-state index >= 15 is 0 Å². The summed E-state index contributed by atoms with van der Waals surface area (Å²) in [4.78, 5) is 23.0. The molecule has 1 aliphatic rings. The molecule has 1 saturated heterocycles. The molecule has 0 N–H and O–H groups in total. The molecule has 1 atom stereocenters. The van der Waals surface area contributed by atoms with E-state index in [-0.39, 0.29) is 12.0 Å². The molecule has 0 saturated carbocycles. The predicted molar refractivity (Wildman–Crippen MR) is 97.7 cm³/mol. The van der Waals surface area contributed by atoms with Crippen molar-refractivity contribution in [3.8, 4) is 23.3 Å². The van der Waals surface area contributed by atoms with Crippen molar-refractivity contribution < 1.29 is 23.7 Å². The number of aromatic nitrogens is 2. The highest BCUT2D eigenvalue weighted by Gasteiger charge is 2.28. The second kappa shape index (κ2) is 8.57. The van der Waals surface area contributed by atoms with Gasteiger partial charge in [0.1, 0.15) is 17.6 Å². The smallest absolute Gasteiger partial charge is 0.257 e. The summed E-state index contributed by atoms with van der Waals surface area (Å²) in [5, 5.41) is 0.